The van der Waals surface area contributed by atoms with Gasteiger partial charge in [0.15, 0.2) is 0 Å². The zero-order chi connectivity index (χ0) is 10.8. The van der Waals surface area contributed by atoms with Gasteiger partial charge in [0.25, 0.3) is 0 Å². The van der Waals surface area contributed by atoms with Gasteiger partial charge in [-0.3, -0.25) is 4.79 Å². The number of nitrogens with one attached hydrogen (secondary N) is 1. The number of aliphatic hydroxyl groups excluding tert-OH is 1. The van der Waals surface area contributed by atoms with Crippen LogP contribution in [-0.4, -0.2) is 35.2 Å². The predicted octanol–water partition coefficient (Wildman–Crippen LogP) is 1.41. The van der Waals surface area contributed by atoms with Crippen LogP contribution in [0.25, 0.3) is 0 Å². The van der Waals surface area contributed by atoms with Crippen LogP contribution < -0.4 is 5.32 Å². The number of hydrogen-bond acceptors (Lipinski definition) is 3. The number of hydrogen-bond donors (Lipinski definition) is 2. The maximum Gasteiger partial charge on any atom is 0.232 e. The molecule has 84 valence electrons. The number of amides is 1. The average molecular weight is 219 g/mol. The largest absolute Gasteiger partial charge is 0.396 e. The van der Waals surface area contributed by atoms with Crippen LogP contribution in [0.5, 0.6) is 0 Å². The lowest BCUT2D eigenvalue weighted by molar-refractivity contribution is -0.120. The molecule has 0 aliphatic rings. The van der Waals surface area contributed by atoms with Crippen molar-refractivity contribution in [2.45, 2.75) is 38.4 Å². The molecule has 4 heteroatoms. The SMILES string of the molecule is CCCCSC(C)C(=O)NCCCO. The molecule has 0 heterocycles. The summed E-state index contributed by atoms with van der Waals surface area (Å²) in [4.78, 5) is 11.4. The summed E-state index contributed by atoms with van der Waals surface area (Å²) >= 11 is 1.69. The van der Waals surface area contributed by atoms with Crippen molar-refractivity contribution in [3.05, 3.63) is 0 Å². The molecule has 0 bridgehead atoms. The Hall–Kier alpha value is -0.220. The Labute approximate surface area is 90.7 Å². The van der Waals surface area contributed by atoms with Gasteiger partial charge in [-0.2, -0.15) is 0 Å². The minimum atomic E-state index is 0.0280. The molecule has 0 radical (unpaired) electrons. The highest BCUT2D eigenvalue weighted by molar-refractivity contribution is 8.00. The van der Waals surface area contributed by atoms with E-state index in [2.05, 4.69) is 12.2 Å². The summed E-state index contributed by atoms with van der Waals surface area (Å²) in [6.07, 6.45) is 2.98. The zero-order valence-electron chi connectivity index (χ0n) is 9.08. The Morgan fingerprint density at radius 1 is 1.50 bits per heavy atom. The minimum absolute atomic E-state index is 0.0280. The van der Waals surface area contributed by atoms with Gasteiger partial charge in [0.05, 0.1) is 5.25 Å². The Kier molecular flexibility index (Phi) is 9.19. The highest BCUT2D eigenvalue weighted by Gasteiger charge is 2.11. The van der Waals surface area contributed by atoms with Crippen molar-refractivity contribution in [3.63, 3.8) is 0 Å². The van der Waals surface area contributed by atoms with Crippen molar-refractivity contribution in [2.75, 3.05) is 18.9 Å². The van der Waals surface area contributed by atoms with Crippen LogP contribution in [0, 0.1) is 0 Å². The smallest absolute Gasteiger partial charge is 0.232 e. The van der Waals surface area contributed by atoms with Gasteiger partial charge in [-0.15, -0.1) is 11.8 Å². The Bertz CT molecular complexity index is 153. The molecule has 0 fully saturated rings. The summed E-state index contributed by atoms with van der Waals surface area (Å²) in [5.41, 5.74) is 0. The number of thioether (sulfide) groups is 1. The lowest BCUT2D eigenvalue weighted by atomic mass is 10.4. The van der Waals surface area contributed by atoms with Crippen LogP contribution in [0.3, 0.4) is 0 Å². The van der Waals surface area contributed by atoms with Gasteiger partial charge in [-0.05, 0) is 25.5 Å². The van der Waals surface area contributed by atoms with Crippen molar-refractivity contribution in [3.8, 4) is 0 Å². The lowest BCUT2D eigenvalue weighted by Gasteiger charge is -2.10. The van der Waals surface area contributed by atoms with E-state index in [0.717, 1.165) is 5.75 Å². The van der Waals surface area contributed by atoms with Crippen molar-refractivity contribution >= 4 is 17.7 Å². The van der Waals surface area contributed by atoms with E-state index in [-0.39, 0.29) is 17.8 Å². The fourth-order valence-corrected chi connectivity index (χ4v) is 1.96. The van der Waals surface area contributed by atoms with Crippen molar-refractivity contribution in [1.29, 1.82) is 0 Å². The summed E-state index contributed by atoms with van der Waals surface area (Å²) in [5, 5.41) is 11.4. The third-order valence-corrected chi connectivity index (χ3v) is 3.11. The molecule has 1 atom stereocenters. The molecule has 0 aliphatic carbocycles. The molecule has 0 saturated heterocycles. The van der Waals surface area contributed by atoms with Crippen molar-refractivity contribution in [1.82, 2.24) is 5.32 Å². The van der Waals surface area contributed by atoms with Crippen LogP contribution in [0.2, 0.25) is 0 Å². The Morgan fingerprint density at radius 3 is 2.79 bits per heavy atom. The second-order valence-electron chi connectivity index (χ2n) is 3.23. The van der Waals surface area contributed by atoms with E-state index in [9.17, 15) is 4.79 Å². The molecule has 0 aromatic carbocycles. The van der Waals surface area contributed by atoms with Gasteiger partial charge >= 0.3 is 0 Å². The first kappa shape index (κ1) is 13.8. The van der Waals surface area contributed by atoms with E-state index < -0.39 is 0 Å². The second kappa shape index (κ2) is 9.34. The molecule has 0 aliphatic heterocycles. The maximum absolute atomic E-state index is 11.4. The standard InChI is InChI=1S/C10H21NO2S/c1-3-4-8-14-9(2)10(13)11-6-5-7-12/h9,12H,3-8H2,1-2H3,(H,11,13). The van der Waals surface area contributed by atoms with Crippen LogP contribution in [0.4, 0.5) is 0 Å². The summed E-state index contributed by atoms with van der Waals surface area (Å²) < 4.78 is 0. The molecule has 0 spiro atoms. The van der Waals surface area contributed by atoms with Gasteiger partial charge in [0.1, 0.15) is 0 Å². The molecule has 2 N–H and O–H groups in total. The van der Waals surface area contributed by atoms with E-state index in [4.69, 9.17) is 5.11 Å². The number of unbranched alkanes of at least 4 members (excludes halogenated alkanes) is 1. The van der Waals surface area contributed by atoms with Gasteiger partial charge < -0.3 is 10.4 Å². The minimum Gasteiger partial charge on any atom is -0.396 e. The highest BCUT2D eigenvalue weighted by Crippen LogP contribution is 2.12. The topological polar surface area (TPSA) is 49.3 Å². The molecule has 1 unspecified atom stereocenters. The summed E-state index contributed by atoms with van der Waals surface area (Å²) in [7, 11) is 0. The second-order valence-corrected chi connectivity index (χ2v) is 4.68. The van der Waals surface area contributed by atoms with Crippen molar-refractivity contribution in [2.24, 2.45) is 0 Å². The first-order valence-corrected chi connectivity index (χ1v) is 6.27. The molecule has 0 rings (SSSR count). The normalized spacial score (nSPS) is 12.5. The molecule has 0 aromatic rings. The quantitative estimate of drug-likeness (QED) is 0.607. The zero-order valence-corrected chi connectivity index (χ0v) is 9.90. The van der Waals surface area contributed by atoms with E-state index >= 15 is 0 Å². The van der Waals surface area contributed by atoms with E-state index in [0.29, 0.717) is 13.0 Å². The maximum atomic E-state index is 11.4. The third-order valence-electron chi connectivity index (χ3n) is 1.87. The van der Waals surface area contributed by atoms with Gasteiger partial charge in [0, 0.05) is 13.2 Å². The molecule has 3 nitrogen and oxygen atoms in total. The molecule has 1 amide bonds. The van der Waals surface area contributed by atoms with Crippen LogP contribution in [0.15, 0.2) is 0 Å². The molecule has 0 saturated carbocycles. The van der Waals surface area contributed by atoms with Gasteiger partial charge in [-0.1, -0.05) is 13.3 Å². The van der Waals surface area contributed by atoms with E-state index in [1.807, 2.05) is 6.92 Å². The fourth-order valence-electron chi connectivity index (χ4n) is 0.915. The average Bonchev–Trinajstić information content (AvgIpc) is 2.18. The number of rotatable bonds is 8. The first-order valence-electron chi connectivity index (χ1n) is 5.22. The predicted molar refractivity (Wildman–Crippen MR) is 61.5 cm³/mol. The fraction of sp³-hybridized carbons (Fsp3) is 0.900. The van der Waals surface area contributed by atoms with E-state index in [1.54, 1.807) is 11.8 Å². The third kappa shape index (κ3) is 7.21. The van der Waals surface area contributed by atoms with Crippen LogP contribution in [-0.2, 0) is 4.79 Å². The Balaban J connectivity index is 3.44. The lowest BCUT2D eigenvalue weighted by Crippen LogP contribution is -2.32. The number of aliphatic hydroxyl groups is 1. The molecular formula is C10H21NO2S. The molecule has 0 aromatic heterocycles. The summed E-state index contributed by atoms with van der Waals surface area (Å²) in [6.45, 7) is 4.78. The Morgan fingerprint density at radius 2 is 2.21 bits per heavy atom. The van der Waals surface area contributed by atoms with E-state index in [1.165, 1.54) is 12.8 Å². The van der Waals surface area contributed by atoms with Gasteiger partial charge in [-0.25, -0.2) is 0 Å². The van der Waals surface area contributed by atoms with Gasteiger partial charge in [0.2, 0.25) is 5.91 Å². The molecular weight excluding hydrogens is 198 g/mol. The summed E-state index contributed by atoms with van der Waals surface area (Å²) in [5.74, 6) is 1.13. The number of carbonyl (C=O) groups excluding carboxylic acids is 1. The van der Waals surface area contributed by atoms with Crippen molar-refractivity contribution < 1.29 is 9.90 Å². The number of carbonyl (C=O) groups is 1. The van der Waals surface area contributed by atoms with Crippen LogP contribution in [0.1, 0.15) is 33.1 Å². The summed E-state index contributed by atoms with van der Waals surface area (Å²) in [6, 6.07) is 0. The first-order chi connectivity index (χ1) is 6.72. The van der Waals surface area contributed by atoms with Crippen LogP contribution >= 0.6 is 11.8 Å². The highest BCUT2D eigenvalue weighted by atomic mass is 32.2. The molecule has 14 heavy (non-hydrogen) atoms. The monoisotopic (exact) mass is 219 g/mol.